The maximum atomic E-state index is 11.5. The number of hydrogen-bond acceptors (Lipinski definition) is 2. The molecule has 1 rings (SSSR count). The van der Waals surface area contributed by atoms with Gasteiger partial charge < -0.3 is 10.6 Å². The molecule has 0 bridgehead atoms. The second-order valence-corrected chi connectivity index (χ2v) is 4.06. The van der Waals surface area contributed by atoms with Crippen molar-refractivity contribution in [1.82, 2.24) is 10.6 Å². The van der Waals surface area contributed by atoms with Gasteiger partial charge in [-0.05, 0) is 31.2 Å². The standard InChI is InChI=1S/C12H17ClN2O/c1-3-14-8-12(16)15-9(2)10-4-6-11(13)7-5-10/h4-7,9,14H,3,8H2,1-2H3,(H,15,16). The van der Waals surface area contributed by atoms with Gasteiger partial charge in [-0.3, -0.25) is 4.79 Å². The number of rotatable bonds is 5. The number of carbonyl (C=O) groups excluding carboxylic acids is 1. The van der Waals surface area contributed by atoms with E-state index < -0.39 is 0 Å². The average molecular weight is 241 g/mol. The molecule has 1 unspecified atom stereocenters. The molecule has 0 aliphatic heterocycles. The van der Waals surface area contributed by atoms with Crippen LogP contribution in [-0.2, 0) is 4.79 Å². The lowest BCUT2D eigenvalue weighted by Crippen LogP contribution is -2.35. The van der Waals surface area contributed by atoms with E-state index in [2.05, 4.69) is 10.6 Å². The van der Waals surface area contributed by atoms with Crippen molar-refractivity contribution < 1.29 is 4.79 Å². The fourth-order valence-corrected chi connectivity index (χ4v) is 1.49. The summed E-state index contributed by atoms with van der Waals surface area (Å²) in [7, 11) is 0. The van der Waals surface area contributed by atoms with Crippen molar-refractivity contribution in [2.45, 2.75) is 19.9 Å². The Kier molecular flexibility index (Phi) is 5.29. The van der Waals surface area contributed by atoms with Crippen molar-refractivity contribution in [2.24, 2.45) is 0 Å². The SMILES string of the molecule is CCNCC(=O)NC(C)c1ccc(Cl)cc1. The van der Waals surface area contributed by atoms with Crippen LogP contribution in [-0.4, -0.2) is 19.0 Å². The third-order valence-electron chi connectivity index (χ3n) is 2.28. The summed E-state index contributed by atoms with van der Waals surface area (Å²) >= 11 is 5.79. The summed E-state index contributed by atoms with van der Waals surface area (Å²) in [6.45, 7) is 5.07. The van der Waals surface area contributed by atoms with E-state index in [1.54, 1.807) is 0 Å². The highest BCUT2D eigenvalue weighted by Gasteiger charge is 2.08. The highest BCUT2D eigenvalue weighted by atomic mass is 35.5. The minimum atomic E-state index is 0.00317. The first-order chi connectivity index (χ1) is 7.63. The molecule has 4 heteroatoms. The average Bonchev–Trinajstić information content (AvgIpc) is 2.27. The zero-order chi connectivity index (χ0) is 12.0. The largest absolute Gasteiger partial charge is 0.348 e. The molecule has 88 valence electrons. The zero-order valence-electron chi connectivity index (χ0n) is 9.59. The summed E-state index contributed by atoms with van der Waals surface area (Å²) in [6.07, 6.45) is 0. The van der Waals surface area contributed by atoms with Crippen molar-refractivity contribution in [3.05, 3.63) is 34.9 Å². The maximum Gasteiger partial charge on any atom is 0.234 e. The summed E-state index contributed by atoms with van der Waals surface area (Å²) < 4.78 is 0. The van der Waals surface area contributed by atoms with E-state index in [4.69, 9.17) is 11.6 Å². The molecule has 1 aromatic rings. The van der Waals surface area contributed by atoms with Crippen LogP contribution in [0.1, 0.15) is 25.5 Å². The van der Waals surface area contributed by atoms with Gasteiger partial charge in [-0.25, -0.2) is 0 Å². The molecule has 2 N–H and O–H groups in total. The van der Waals surface area contributed by atoms with Crippen LogP contribution in [0.3, 0.4) is 0 Å². The smallest absolute Gasteiger partial charge is 0.234 e. The van der Waals surface area contributed by atoms with E-state index in [0.717, 1.165) is 12.1 Å². The van der Waals surface area contributed by atoms with Crippen molar-refractivity contribution in [1.29, 1.82) is 0 Å². The lowest BCUT2D eigenvalue weighted by Gasteiger charge is -2.14. The molecule has 16 heavy (non-hydrogen) atoms. The van der Waals surface area contributed by atoms with Crippen molar-refractivity contribution >= 4 is 17.5 Å². The summed E-state index contributed by atoms with van der Waals surface area (Å²) in [4.78, 5) is 11.5. The number of likely N-dealkylation sites (N-methyl/N-ethyl adjacent to an activating group) is 1. The summed E-state index contributed by atoms with van der Waals surface area (Å²) in [5.74, 6) is 0.00398. The molecular formula is C12H17ClN2O. The lowest BCUT2D eigenvalue weighted by atomic mass is 10.1. The van der Waals surface area contributed by atoms with Gasteiger partial charge in [0.05, 0.1) is 12.6 Å². The van der Waals surface area contributed by atoms with Crippen LogP contribution in [0.5, 0.6) is 0 Å². The van der Waals surface area contributed by atoms with Gasteiger partial charge in [0.15, 0.2) is 0 Å². The highest BCUT2D eigenvalue weighted by Crippen LogP contribution is 2.15. The Morgan fingerprint density at radius 1 is 1.38 bits per heavy atom. The quantitative estimate of drug-likeness (QED) is 0.828. The van der Waals surface area contributed by atoms with Gasteiger partial charge in [-0.15, -0.1) is 0 Å². The Labute approximate surface area is 101 Å². The highest BCUT2D eigenvalue weighted by molar-refractivity contribution is 6.30. The van der Waals surface area contributed by atoms with Crippen molar-refractivity contribution in [3.8, 4) is 0 Å². The number of nitrogens with one attached hydrogen (secondary N) is 2. The van der Waals surface area contributed by atoms with E-state index in [0.29, 0.717) is 11.6 Å². The van der Waals surface area contributed by atoms with Gasteiger partial charge >= 0.3 is 0 Å². The molecule has 0 aliphatic carbocycles. The third kappa shape index (κ3) is 4.21. The fraction of sp³-hybridized carbons (Fsp3) is 0.417. The Morgan fingerprint density at radius 3 is 2.56 bits per heavy atom. The Morgan fingerprint density at radius 2 is 2.00 bits per heavy atom. The molecule has 1 amide bonds. The van der Waals surface area contributed by atoms with Crippen molar-refractivity contribution in [2.75, 3.05) is 13.1 Å². The molecule has 0 saturated heterocycles. The second-order valence-electron chi connectivity index (χ2n) is 3.62. The van der Waals surface area contributed by atoms with Gasteiger partial charge in [0, 0.05) is 5.02 Å². The minimum absolute atomic E-state index is 0.00317. The predicted molar refractivity (Wildman–Crippen MR) is 66.6 cm³/mol. The minimum Gasteiger partial charge on any atom is -0.348 e. The normalized spacial score (nSPS) is 12.2. The van der Waals surface area contributed by atoms with Crippen LogP contribution in [0.15, 0.2) is 24.3 Å². The van der Waals surface area contributed by atoms with Crippen LogP contribution >= 0.6 is 11.6 Å². The molecule has 0 aliphatic rings. The zero-order valence-corrected chi connectivity index (χ0v) is 10.3. The molecule has 0 aromatic heterocycles. The van der Waals surface area contributed by atoms with Gasteiger partial charge in [-0.2, -0.15) is 0 Å². The van der Waals surface area contributed by atoms with Crippen LogP contribution < -0.4 is 10.6 Å². The maximum absolute atomic E-state index is 11.5. The molecule has 0 fully saturated rings. The summed E-state index contributed by atoms with van der Waals surface area (Å²) in [5.41, 5.74) is 1.05. The molecule has 0 heterocycles. The monoisotopic (exact) mass is 240 g/mol. The molecule has 1 aromatic carbocycles. The van der Waals surface area contributed by atoms with Crippen LogP contribution in [0, 0.1) is 0 Å². The number of benzene rings is 1. The van der Waals surface area contributed by atoms with Gasteiger partial charge in [0.1, 0.15) is 0 Å². The van der Waals surface area contributed by atoms with Crippen LogP contribution in [0.25, 0.3) is 0 Å². The van der Waals surface area contributed by atoms with Crippen LogP contribution in [0.4, 0.5) is 0 Å². The fourth-order valence-electron chi connectivity index (χ4n) is 1.37. The van der Waals surface area contributed by atoms with E-state index >= 15 is 0 Å². The van der Waals surface area contributed by atoms with Gasteiger partial charge in [0.2, 0.25) is 5.91 Å². The Bertz CT molecular complexity index is 337. The molecule has 1 atom stereocenters. The third-order valence-corrected chi connectivity index (χ3v) is 2.54. The second kappa shape index (κ2) is 6.51. The lowest BCUT2D eigenvalue weighted by molar-refractivity contribution is -0.120. The van der Waals surface area contributed by atoms with E-state index in [1.165, 1.54) is 0 Å². The molecule has 0 spiro atoms. The first-order valence-corrected chi connectivity index (χ1v) is 5.76. The van der Waals surface area contributed by atoms with Crippen LogP contribution in [0.2, 0.25) is 5.02 Å². The van der Waals surface area contributed by atoms with E-state index in [1.807, 2.05) is 38.1 Å². The Hall–Kier alpha value is -1.06. The molecule has 3 nitrogen and oxygen atoms in total. The van der Waals surface area contributed by atoms with Gasteiger partial charge in [0.25, 0.3) is 0 Å². The van der Waals surface area contributed by atoms with Crippen molar-refractivity contribution in [3.63, 3.8) is 0 Å². The first kappa shape index (κ1) is 13.0. The molecular weight excluding hydrogens is 224 g/mol. The molecule has 0 radical (unpaired) electrons. The van der Waals surface area contributed by atoms with E-state index in [-0.39, 0.29) is 11.9 Å². The summed E-state index contributed by atoms with van der Waals surface area (Å²) in [5, 5.41) is 6.59. The predicted octanol–water partition coefficient (Wildman–Crippen LogP) is 2.13. The Balaban J connectivity index is 2.48. The number of halogens is 1. The number of hydrogen-bond donors (Lipinski definition) is 2. The summed E-state index contributed by atoms with van der Waals surface area (Å²) in [6, 6.07) is 7.48. The van der Waals surface area contributed by atoms with E-state index in [9.17, 15) is 4.79 Å². The topological polar surface area (TPSA) is 41.1 Å². The number of carbonyl (C=O) groups is 1. The number of amides is 1. The first-order valence-electron chi connectivity index (χ1n) is 5.39. The molecule has 0 saturated carbocycles. The van der Waals surface area contributed by atoms with Gasteiger partial charge in [-0.1, -0.05) is 30.7 Å².